The van der Waals surface area contributed by atoms with E-state index >= 15 is 0 Å². The molecule has 1 aliphatic rings. The lowest BCUT2D eigenvalue weighted by atomic mass is 10.2. The van der Waals surface area contributed by atoms with Gasteiger partial charge in [-0.2, -0.15) is 0 Å². The van der Waals surface area contributed by atoms with Gasteiger partial charge < -0.3 is 5.32 Å². The Bertz CT molecular complexity index is 175. The zero-order chi connectivity index (χ0) is 8.27. The third-order valence-electron chi connectivity index (χ3n) is 2.13. The van der Waals surface area contributed by atoms with Crippen LogP contribution in [-0.2, 0) is 0 Å². The van der Waals surface area contributed by atoms with Crippen LogP contribution in [-0.4, -0.2) is 0 Å². The largest absolute Gasteiger partial charge is 0.365 e. The van der Waals surface area contributed by atoms with Gasteiger partial charge in [-0.1, -0.05) is 19.1 Å². The molecule has 62 valence electrons. The van der Waals surface area contributed by atoms with E-state index in [9.17, 15) is 0 Å². The fraction of sp³-hybridized carbons (Fsp3) is 0.600. The summed E-state index contributed by atoms with van der Waals surface area (Å²) < 4.78 is 0. The normalized spacial score (nSPS) is 18.2. The highest BCUT2D eigenvalue weighted by Gasteiger charge is 2.23. The van der Waals surface area contributed by atoms with Gasteiger partial charge in [0.05, 0.1) is 0 Å². The summed E-state index contributed by atoms with van der Waals surface area (Å²) in [5.74, 6) is 0.760. The number of nitrogens with one attached hydrogen (secondary N) is 1. The van der Waals surface area contributed by atoms with Crippen molar-refractivity contribution in [3.63, 3.8) is 0 Å². The minimum absolute atomic E-state index is 0.760. The lowest BCUT2D eigenvalue weighted by Crippen LogP contribution is -2.05. The second kappa shape index (κ2) is 3.61. The Hall–Kier alpha value is -0.720. The van der Waals surface area contributed by atoms with E-state index in [1.54, 1.807) is 0 Å². The molecule has 0 aliphatic heterocycles. The van der Waals surface area contributed by atoms with Crippen LogP contribution in [0.25, 0.3) is 0 Å². The SMILES string of the molecule is C=C(N/C=C(\C)CC)C1CC1. The fourth-order valence-corrected chi connectivity index (χ4v) is 0.868. The van der Waals surface area contributed by atoms with Crippen LogP contribution < -0.4 is 5.32 Å². The summed E-state index contributed by atoms with van der Waals surface area (Å²) >= 11 is 0. The van der Waals surface area contributed by atoms with Crippen molar-refractivity contribution in [1.29, 1.82) is 0 Å². The van der Waals surface area contributed by atoms with Crippen LogP contribution in [0.5, 0.6) is 0 Å². The van der Waals surface area contributed by atoms with Gasteiger partial charge in [0, 0.05) is 5.70 Å². The molecule has 0 radical (unpaired) electrons. The molecular formula is C10H17N. The molecular weight excluding hydrogens is 134 g/mol. The molecule has 1 fully saturated rings. The molecule has 0 bridgehead atoms. The van der Waals surface area contributed by atoms with E-state index in [-0.39, 0.29) is 0 Å². The molecule has 0 aromatic rings. The number of hydrogen-bond donors (Lipinski definition) is 1. The maximum Gasteiger partial charge on any atom is 0.0105 e. The Morgan fingerprint density at radius 1 is 1.64 bits per heavy atom. The van der Waals surface area contributed by atoms with Crippen LogP contribution in [0.1, 0.15) is 33.1 Å². The Morgan fingerprint density at radius 2 is 2.27 bits per heavy atom. The van der Waals surface area contributed by atoms with Gasteiger partial charge in [0.25, 0.3) is 0 Å². The minimum atomic E-state index is 0.760. The van der Waals surface area contributed by atoms with Gasteiger partial charge in [-0.15, -0.1) is 0 Å². The molecule has 0 unspecified atom stereocenters. The first-order valence-corrected chi connectivity index (χ1v) is 4.35. The van der Waals surface area contributed by atoms with Gasteiger partial charge >= 0.3 is 0 Å². The number of rotatable bonds is 4. The topological polar surface area (TPSA) is 12.0 Å². The second-order valence-electron chi connectivity index (χ2n) is 3.29. The Balaban J connectivity index is 2.24. The van der Waals surface area contributed by atoms with Crippen molar-refractivity contribution in [1.82, 2.24) is 5.32 Å². The van der Waals surface area contributed by atoms with E-state index in [0.717, 1.165) is 12.3 Å². The first-order valence-electron chi connectivity index (χ1n) is 4.35. The zero-order valence-corrected chi connectivity index (χ0v) is 7.48. The summed E-state index contributed by atoms with van der Waals surface area (Å²) in [6.07, 6.45) is 5.83. The van der Waals surface area contributed by atoms with Crippen molar-refractivity contribution in [2.75, 3.05) is 0 Å². The standard InChI is InChI=1S/C10H17N/c1-4-8(2)7-11-9(3)10-5-6-10/h7,10-11H,3-6H2,1-2H3/b8-7+. The Labute approximate surface area is 69.2 Å². The van der Waals surface area contributed by atoms with Crippen molar-refractivity contribution in [3.05, 3.63) is 24.0 Å². The van der Waals surface area contributed by atoms with Gasteiger partial charge in [-0.3, -0.25) is 0 Å². The van der Waals surface area contributed by atoms with Crippen LogP contribution in [0.3, 0.4) is 0 Å². The summed E-state index contributed by atoms with van der Waals surface area (Å²) in [6, 6.07) is 0. The Kier molecular flexibility index (Phi) is 2.75. The lowest BCUT2D eigenvalue weighted by molar-refractivity contribution is 0.875. The highest BCUT2D eigenvalue weighted by atomic mass is 14.9. The van der Waals surface area contributed by atoms with Crippen molar-refractivity contribution < 1.29 is 0 Å². The molecule has 0 atom stereocenters. The number of allylic oxidation sites excluding steroid dienone is 2. The predicted molar refractivity (Wildman–Crippen MR) is 49.0 cm³/mol. The average Bonchev–Trinajstić information content (AvgIpc) is 2.81. The van der Waals surface area contributed by atoms with E-state index in [4.69, 9.17) is 0 Å². The van der Waals surface area contributed by atoms with Gasteiger partial charge in [-0.25, -0.2) is 0 Å². The quantitative estimate of drug-likeness (QED) is 0.651. The Morgan fingerprint density at radius 3 is 2.73 bits per heavy atom. The molecule has 1 rings (SSSR count). The van der Waals surface area contributed by atoms with Crippen LogP contribution >= 0.6 is 0 Å². The van der Waals surface area contributed by atoms with Gasteiger partial charge in [0.2, 0.25) is 0 Å². The summed E-state index contributed by atoms with van der Waals surface area (Å²) in [6.45, 7) is 8.26. The molecule has 1 saturated carbocycles. The molecule has 11 heavy (non-hydrogen) atoms. The highest BCUT2D eigenvalue weighted by Crippen LogP contribution is 2.33. The average molecular weight is 151 g/mol. The molecule has 0 heterocycles. The number of hydrogen-bond acceptors (Lipinski definition) is 1. The van der Waals surface area contributed by atoms with Crippen molar-refractivity contribution in [2.45, 2.75) is 33.1 Å². The van der Waals surface area contributed by atoms with Crippen molar-refractivity contribution >= 4 is 0 Å². The van der Waals surface area contributed by atoms with E-state index < -0.39 is 0 Å². The zero-order valence-electron chi connectivity index (χ0n) is 7.48. The summed E-state index contributed by atoms with van der Waals surface area (Å²) in [5.41, 5.74) is 2.57. The van der Waals surface area contributed by atoms with Gasteiger partial charge in [0.15, 0.2) is 0 Å². The minimum Gasteiger partial charge on any atom is -0.365 e. The van der Waals surface area contributed by atoms with Crippen LogP contribution in [0.4, 0.5) is 0 Å². The molecule has 1 nitrogen and oxygen atoms in total. The van der Waals surface area contributed by atoms with E-state index in [0.29, 0.717) is 0 Å². The first kappa shape index (κ1) is 8.38. The summed E-state index contributed by atoms with van der Waals surface area (Å²) in [5, 5.41) is 3.24. The molecule has 1 aliphatic carbocycles. The lowest BCUT2D eigenvalue weighted by Gasteiger charge is -2.03. The fourth-order valence-electron chi connectivity index (χ4n) is 0.868. The maximum atomic E-state index is 3.97. The molecule has 0 saturated heterocycles. The van der Waals surface area contributed by atoms with E-state index in [2.05, 4.69) is 31.9 Å². The second-order valence-corrected chi connectivity index (χ2v) is 3.29. The van der Waals surface area contributed by atoms with Gasteiger partial charge in [-0.05, 0) is 38.3 Å². The maximum absolute atomic E-state index is 3.97. The molecule has 1 heteroatoms. The molecule has 0 amide bonds. The highest BCUT2D eigenvalue weighted by molar-refractivity contribution is 5.10. The molecule has 0 aromatic carbocycles. The first-order chi connectivity index (χ1) is 5.24. The van der Waals surface area contributed by atoms with Crippen molar-refractivity contribution in [2.24, 2.45) is 5.92 Å². The van der Waals surface area contributed by atoms with Crippen molar-refractivity contribution in [3.8, 4) is 0 Å². The molecule has 1 N–H and O–H groups in total. The van der Waals surface area contributed by atoms with Crippen LogP contribution in [0.15, 0.2) is 24.0 Å². The van der Waals surface area contributed by atoms with E-state index in [1.807, 2.05) is 0 Å². The van der Waals surface area contributed by atoms with E-state index in [1.165, 1.54) is 24.1 Å². The third-order valence-corrected chi connectivity index (χ3v) is 2.13. The van der Waals surface area contributed by atoms with Crippen LogP contribution in [0, 0.1) is 5.92 Å². The molecule has 0 spiro atoms. The monoisotopic (exact) mass is 151 g/mol. The summed E-state index contributed by atoms with van der Waals surface area (Å²) in [4.78, 5) is 0. The third kappa shape index (κ3) is 2.79. The predicted octanol–water partition coefficient (Wildman–Crippen LogP) is 2.81. The summed E-state index contributed by atoms with van der Waals surface area (Å²) in [7, 11) is 0. The molecule has 0 aromatic heterocycles. The van der Waals surface area contributed by atoms with Crippen LogP contribution in [0.2, 0.25) is 0 Å². The smallest absolute Gasteiger partial charge is 0.0105 e. The van der Waals surface area contributed by atoms with Gasteiger partial charge in [0.1, 0.15) is 0 Å².